The molecular formula is C14H13ClF3N3O3S. The second kappa shape index (κ2) is 7.44. The number of halogens is 4. The van der Waals surface area contributed by atoms with Crippen molar-refractivity contribution >= 4 is 32.9 Å². The van der Waals surface area contributed by atoms with Crippen LogP contribution in [0.25, 0.3) is 0 Å². The van der Waals surface area contributed by atoms with Crippen LogP contribution in [0, 0.1) is 0 Å². The minimum absolute atomic E-state index is 0.00791. The zero-order valence-corrected chi connectivity index (χ0v) is 14.4. The minimum Gasteiger partial charge on any atom is -0.482 e. The summed E-state index contributed by atoms with van der Waals surface area (Å²) in [6.45, 7) is -0.0627. The molecular weight excluding hydrogens is 383 g/mol. The van der Waals surface area contributed by atoms with Gasteiger partial charge in [-0.15, -0.1) is 0 Å². The van der Waals surface area contributed by atoms with E-state index in [9.17, 15) is 21.6 Å². The van der Waals surface area contributed by atoms with Gasteiger partial charge in [0.15, 0.2) is 16.4 Å². The first-order chi connectivity index (χ1) is 11.6. The summed E-state index contributed by atoms with van der Waals surface area (Å²) in [5.41, 5.74) is 0.00791. The molecule has 1 heterocycles. The summed E-state index contributed by atoms with van der Waals surface area (Å²) in [6, 6.07) is 4.85. The van der Waals surface area contributed by atoms with Crippen molar-refractivity contribution < 1.29 is 26.3 Å². The van der Waals surface area contributed by atoms with Crippen LogP contribution in [-0.4, -0.2) is 36.9 Å². The van der Waals surface area contributed by atoms with Crippen molar-refractivity contribution in [1.29, 1.82) is 0 Å². The SMILES string of the molecule is CCS(=O)(=O)c1ccc(OCC(F)(F)F)c(Nc2cc(Cl)ncn2)c1. The maximum absolute atomic E-state index is 12.4. The largest absolute Gasteiger partial charge is 0.482 e. The highest BCUT2D eigenvalue weighted by molar-refractivity contribution is 7.91. The van der Waals surface area contributed by atoms with Crippen molar-refractivity contribution in [3.8, 4) is 5.75 Å². The molecule has 0 radical (unpaired) electrons. The van der Waals surface area contributed by atoms with E-state index in [1.165, 1.54) is 25.1 Å². The number of anilines is 2. The third kappa shape index (κ3) is 5.46. The summed E-state index contributed by atoms with van der Waals surface area (Å²) in [4.78, 5) is 7.49. The van der Waals surface area contributed by atoms with Crippen molar-refractivity contribution in [3.05, 3.63) is 35.7 Å². The Labute approximate surface area is 146 Å². The Kier molecular flexibility index (Phi) is 5.73. The fourth-order valence-corrected chi connectivity index (χ4v) is 2.85. The molecule has 0 aliphatic rings. The van der Waals surface area contributed by atoms with E-state index in [1.54, 1.807) is 0 Å². The highest BCUT2D eigenvalue weighted by Gasteiger charge is 2.29. The molecule has 1 aromatic heterocycles. The van der Waals surface area contributed by atoms with Gasteiger partial charge in [0.05, 0.1) is 16.3 Å². The van der Waals surface area contributed by atoms with Gasteiger partial charge < -0.3 is 10.1 Å². The number of sulfone groups is 1. The van der Waals surface area contributed by atoms with E-state index >= 15 is 0 Å². The van der Waals surface area contributed by atoms with Gasteiger partial charge in [-0.25, -0.2) is 18.4 Å². The van der Waals surface area contributed by atoms with Crippen LogP contribution in [0.3, 0.4) is 0 Å². The van der Waals surface area contributed by atoms with Crippen LogP contribution in [0.5, 0.6) is 5.75 Å². The van der Waals surface area contributed by atoms with Gasteiger partial charge >= 0.3 is 6.18 Å². The molecule has 0 spiro atoms. The Hall–Kier alpha value is -2.07. The van der Waals surface area contributed by atoms with E-state index in [0.717, 1.165) is 12.4 Å². The van der Waals surface area contributed by atoms with E-state index in [1.807, 2.05) is 0 Å². The minimum atomic E-state index is -4.54. The first-order valence-corrected chi connectivity index (χ1v) is 8.94. The van der Waals surface area contributed by atoms with Gasteiger partial charge in [0.1, 0.15) is 23.0 Å². The lowest BCUT2D eigenvalue weighted by Crippen LogP contribution is -2.19. The third-order valence-electron chi connectivity index (χ3n) is 2.98. The summed E-state index contributed by atoms with van der Waals surface area (Å²) in [6.07, 6.45) is -3.39. The molecule has 136 valence electrons. The summed E-state index contributed by atoms with van der Waals surface area (Å²) in [7, 11) is -3.56. The lowest BCUT2D eigenvalue weighted by molar-refractivity contribution is -0.153. The number of aromatic nitrogens is 2. The fourth-order valence-electron chi connectivity index (χ4n) is 1.79. The Bertz CT molecular complexity index is 860. The molecule has 0 saturated heterocycles. The predicted molar refractivity (Wildman–Crippen MR) is 86.0 cm³/mol. The molecule has 0 aliphatic heterocycles. The lowest BCUT2D eigenvalue weighted by atomic mass is 10.3. The number of hydrogen-bond acceptors (Lipinski definition) is 6. The Morgan fingerprint density at radius 1 is 1.24 bits per heavy atom. The predicted octanol–water partition coefficient (Wildman–Crippen LogP) is 3.61. The zero-order valence-electron chi connectivity index (χ0n) is 12.8. The summed E-state index contributed by atoms with van der Waals surface area (Å²) >= 11 is 5.73. The molecule has 0 amide bonds. The second-order valence-corrected chi connectivity index (χ2v) is 7.48. The van der Waals surface area contributed by atoms with Crippen molar-refractivity contribution in [2.75, 3.05) is 17.7 Å². The maximum Gasteiger partial charge on any atom is 0.422 e. The molecule has 0 atom stereocenters. The fraction of sp³-hybridized carbons (Fsp3) is 0.286. The van der Waals surface area contributed by atoms with E-state index in [0.29, 0.717) is 0 Å². The molecule has 2 rings (SSSR count). The molecule has 11 heteroatoms. The number of nitrogens with one attached hydrogen (secondary N) is 1. The molecule has 1 aromatic carbocycles. The smallest absolute Gasteiger partial charge is 0.422 e. The molecule has 0 unspecified atom stereocenters. The normalized spacial score (nSPS) is 12.0. The van der Waals surface area contributed by atoms with Crippen LogP contribution in [-0.2, 0) is 9.84 Å². The summed E-state index contributed by atoms with van der Waals surface area (Å²) in [5.74, 6) is -0.167. The first kappa shape index (κ1) is 19.3. The van der Waals surface area contributed by atoms with Crippen molar-refractivity contribution in [3.63, 3.8) is 0 Å². The van der Waals surface area contributed by atoms with Crippen LogP contribution < -0.4 is 10.1 Å². The monoisotopic (exact) mass is 395 g/mol. The van der Waals surface area contributed by atoms with Gasteiger partial charge in [0.2, 0.25) is 0 Å². The topological polar surface area (TPSA) is 81.2 Å². The number of ether oxygens (including phenoxy) is 1. The van der Waals surface area contributed by atoms with E-state index in [-0.39, 0.29) is 33.1 Å². The molecule has 25 heavy (non-hydrogen) atoms. The van der Waals surface area contributed by atoms with Gasteiger partial charge in [-0.2, -0.15) is 13.2 Å². The van der Waals surface area contributed by atoms with Crippen molar-refractivity contribution in [2.45, 2.75) is 18.0 Å². The number of alkyl halides is 3. The summed E-state index contributed by atoms with van der Waals surface area (Å²) in [5, 5.41) is 2.80. The number of rotatable bonds is 6. The van der Waals surface area contributed by atoms with E-state index in [2.05, 4.69) is 15.3 Å². The van der Waals surface area contributed by atoms with Crippen LogP contribution in [0.4, 0.5) is 24.7 Å². The van der Waals surface area contributed by atoms with Crippen LogP contribution in [0.2, 0.25) is 5.15 Å². The summed E-state index contributed by atoms with van der Waals surface area (Å²) < 4.78 is 65.9. The molecule has 2 aromatic rings. The molecule has 0 fully saturated rings. The van der Waals surface area contributed by atoms with Crippen LogP contribution >= 0.6 is 11.6 Å². The molecule has 1 N–H and O–H groups in total. The highest BCUT2D eigenvalue weighted by Crippen LogP contribution is 2.32. The highest BCUT2D eigenvalue weighted by atomic mass is 35.5. The van der Waals surface area contributed by atoms with Gasteiger partial charge in [0, 0.05) is 6.07 Å². The first-order valence-electron chi connectivity index (χ1n) is 6.91. The van der Waals surface area contributed by atoms with E-state index < -0.39 is 22.6 Å². The Morgan fingerprint density at radius 3 is 2.56 bits per heavy atom. The molecule has 0 aliphatic carbocycles. The van der Waals surface area contributed by atoms with Crippen molar-refractivity contribution in [2.24, 2.45) is 0 Å². The van der Waals surface area contributed by atoms with Crippen LogP contribution in [0.15, 0.2) is 35.5 Å². The third-order valence-corrected chi connectivity index (χ3v) is 4.92. The van der Waals surface area contributed by atoms with Gasteiger partial charge in [-0.1, -0.05) is 18.5 Å². The van der Waals surface area contributed by atoms with Crippen molar-refractivity contribution in [1.82, 2.24) is 9.97 Å². The average Bonchev–Trinajstić information content (AvgIpc) is 2.53. The maximum atomic E-state index is 12.4. The molecule has 0 bridgehead atoms. The number of hydrogen-bond donors (Lipinski definition) is 1. The molecule has 6 nitrogen and oxygen atoms in total. The van der Waals surface area contributed by atoms with Gasteiger partial charge in [-0.05, 0) is 18.2 Å². The van der Waals surface area contributed by atoms with E-state index in [4.69, 9.17) is 16.3 Å². The van der Waals surface area contributed by atoms with Gasteiger partial charge in [-0.3, -0.25) is 0 Å². The second-order valence-electron chi connectivity index (χ2n) is 4.82. The average molecular weight is 396 g/mol. The number of nitrogens with zero attached hydrogens (tertiary/aromatic N) is 2. The standard InChI is InChI=1S/C14H13ClF3N3O3S/c1-2-25(22,23)9-3-4-11(24-7-14(16,17)18)10(5-9)21-13-6-12(15)19-8-20-13/h3-6,8H,2,7H2,1H3,(H,19,20,21). The Morgan fingerprint density at radius 2 is 1.96 bits per heavy atom. The zero-order chi connectivity index (χ0) is 18.7. The molecule has 0 saturated carbocycles. The Balaban J connectivity index is 2.41. The van der Waals surface area contributed by atoms with Crippen LogP contribution in [0.1, 0.15) is 6.92 Å². The quantitative estimate of drug-likeness (QED) is 0.752. The lowest BCUT2D eigenvalue weighted by Gasteiger charge is -2.15. The number of benzene rings is 1. The van der Waals surface area contributed by atoms with Gasteiger partial charge in [0.25, 0.3) is 0 Å².